The van der Waals surface area contributed by atoms with Crippen molar-refractivity contribution in [1.29, 1.82) is 0 Å². The van der Waals surface area contributed by atoms with Gasteiger partial charge in [-0.2, -0.15) is 5.10 Å². The molecule has 11 heteroatoms. The summed E-state index contributed by atoms with van der Waals surface area (Å²) in [5.41, 5.74) is 1.51. The molecule has 0 spiro atoms. The number of primary sulfonamides is 1. The molecule has 0 amide bonds. The fourth-order valence-electron chi connectivity index (χ4n) is 2.38. The molecule has 2 aromatic carbocycles. The number of halogens is 2. The van der Waals surface area contributed by atoms with Crippen LogP contribution in [0.2, 0.25) is 5.02 Å². The Bertz CT molecular complexity index is 1100. The molecule has 0 aliphatic rings. The van der Waals surface area contributed by atoms with Gasteiger partial charge in [-0.1, -0.05) is 17.7 Å². The van der Waals surface area contributed by atoms with Crippen LogP contribution in [0.25, 0.3) is 0 Å². The lowest BCUT2D eigenvalue weighted by molar-refractivity contribution is 0.585. The van der Waals surface area contributed by atoms with E-state index < -0.39 is 15.8 Å². The number of hydrogen-bond donors (Lipinski definition) is 3. The number of rotatable bonds is 5. The summed E-state index contributed by atoms with van der Waals surface area (Å²) in [5, 5.41) is 15.7. The maximum absolute atomic E-state index is 13.9. The normalized spacial score (nSPS) is 11.2. The predicted molar refractivity (Wildman–Crippen MR) is 110 cm³/mol. The van der Waals surface area contributed by atoms with Crippen molar-refractivity contribution in [3.8, 4) is 0 Å². The van der Waals surface area contributed by atoms with Crippen LogP contribution >= 0.6 is 23.8 Å². The minimum Gasteiger partial charge on any atom is -0.332 e. The van der Waals surface area contributed by atoms with Crippen LogP contribution in [0.4, 0.5) is 15.8 Å². The number of benzene rings is 2. The maximum atomic E-state index is 13.9. The number of sulfonamides is 1. The van der Waals surface area contributed by atoms with Crippen molar-refractivity contribution in [2.24, 2.45) is 5.14 Å². The summed E-state index contributed by atoms with van der Waals surface area (Å²) in [5.74, 6) is -0.405. The van der Waals surface area contributed by atoms with Gasteiger partial charge in [0.15, 0.2) is 5.11 Å². The average molecular weight is 440 g/mol. The third-order valence-electron chi connectivity index (χ3n) is 3.71. The second-order valence-corrected chi connectivity index (χ2v) is 8.15. The third-order valence-corrected chi connectivity index (χ3v) is 5.20. The number of thiocarbonyl (C=S) groups is 1. The monoisotopic (exact) mass is 439 g/mol. The van der Waals surface area contributed by atoms with Gasteiger partial charge in [0.2, 0.25) is 10.0 Å². The van der Waals surface area contributed by atoms with Crippen molar-refractivity contribution in [2.45, 2.75) is 11.4 Å². The number of hydrogen-bond acceptors (Lipinski definition) is 4. The fourth-order valence-corrected chi connectivity index (χ4v) is 3.36. The van der Waals surface area contributed by atoms with Gasteiger partial charge >= 0.3 is 0 Å². The zero-order valence-corrected chi connectivity index (χ0v) is 16.7. The Kier molecular flexibility index (Phi) is 5.94. The van der Waals surface area contributed by atoms with E-state index >= 15 is 0 Å². The van der Waals surface area contributed by atoms with E-state index in [2.05, 4.69) is 15.7 Å². The summed E-state index contributed by atoms with van der Waals surface area (Å²) in [7, 11) is -3.75. The van der Waals surface area contributed by atoms with Gasteiger partial charge in [-0.05, 0) is 48.6 Å². The molecule has 7 nitrogen and oxygen atoms in total. The summed E-state index contributed by atoms with van der Waals surface area (Å²) < 4.78 is 37.9. The Hall–Kier alpha value is -2.53. The van der Waals surface area contributed by atoms with E-state index in [0.717, 1.165) is 0 Å². The lowest BCUT2D eigenvalue weighted by atomic mass is 10.2. The Balaban J connectivity index is 1.62. The van der Waals surface area contributed by atoms with Crippen LogP contribution in [0.3, 0.4) is 0 Å². The molecule has 146 valence electrons. The molecule has 0 unspecified atom stereocenters. The SMILES string of the molecule is NS(=O)(=O)c1ccc(NC(=S)Nc2cnn(Cc3c(F)cccc3Cl)c2)cc1. The highest BCUT2D eigenvalue weighted by Crippen LogP contribution is 2.20. The number of anilines is 2. The quantitative estimate of drug-likeness (QED) is 0.528. The van der Waals surface area contributed by atoms with Gasteiger partial charge in [0.1, 0.15) is 5.82 Å². The van der Waals surface area contributed by atoms with Crippen molar-refractivity contribution >= 4 is 50.3 Å². The van der Waals surface area contributed by atoms with Crippen molar-refractivity contribution < 1.29 is 12.8 Å². The van der Waals surface area contributed by atoms with E-state index in [-0.39, 0.29) is 16.6 Å². The number of nitrogens with zero attached hydrogens (tertiary/aromatic N) is 2. The smallest absolute Gasteiger partial charge is 0.238 e. The molecule has 3 rings (SSSR count). The van der Waals surface area contributed by atoms with E-state index in [1.54, 1.807) is 12.3 Å². The van der Waals surface area contributed by atoms with E-state index in [1.807, 2.05) is 0 Å². The van der Waals surface area contributed by atoms with Crippen LogP contribution in [0.1, 0.15) is 5.56 Å². The molecule has 3 aromatic rings. The first-order valence-electron chi connectivity index (χ1n) is 7.88. The molecule has 0 bridgehead atoms. The molecular weight excluding hydrogens is 425 g/mol. The van der Waals surface area contributed by atoms with Gasteiger partial charge in [0.25, 0.3) is 0 Å². The number of aromatic nitrogens is 2. The van der Waals surface area contributed by atoms with Crippen LogP contribution < -0.4 is 15.8 Å². The lowest BCUT2D eigenvalue weighted by Crippen LogP contribution is -2.19. The first kappa shape index (κ1) is 20.2. The topological polar surface area (TPSA) is 102 Å². The fraction of sp³-hybridized carbons (Fsp3) is 0.0588. The molecule has 0 atom stereocenters. The Labute approximate surface area is 171 Å². The zero-order valence-electron chi connectivity index (χ0n) is 14.3. The third kappa shape index (κ3) is 5.04. The summed E-state index contributed by atoms with van der Waals surface area (Å²) in [6, 6.07) is 10.3. The molecular formula is C17H15ClFN5O2S2. The minimum absolute atomic E-state index is 0.00464. The molecule has 0 saturated heterocycles. The van der Waals surface area contributed by atoms with Gasteiger partial charge in [-0.15, -0.1) is 0 Å². The van der Waals surface area contributed by atoms with Crippen molar-refractivity contribution in [1.82, 2.24) is 9.78 Å². The Morgan fingerprint density at radius 3 is 2.50 bits per heavy atom. The van der Waals surface area contributed by atoms with Crippen LogP contribution in [0.15, 0.2) is 59.8 Å². The summed E-state index contributed by atoms with van der Waals surface area (Å²) >= 11 is 11.2. The minimum atomic E-state index is -3.75. The maximum Gasteiger partial charge on any atom is 0.238 e. The molecule has 0 radical (unpaired) electrons. The van der Waals surface area contributed by atoms with Crippen molar-refractivity contribution in [3.05, 3.63) is 71.3 Å². The summed E-state index contributed by atoms with van der Waals surface area (Å²) in [4.78, 5) is 0.00464. The van der Waals surface area contributed by atoms with Gasteiger partial charge < -0.3 is 10.6 Å². The molecule has 0 saturated carbocycles. The van der Waals surface area contributed by atoms with Gasteiger partial charge in [-0.3, -0.25) is 4.68 Å². The number of nitrogens with one attached hydrogen (secondary N) is 2. The molecule has 1 aromatic heterocycles. The first-order valence-corrected chi connectivity index (χ1v) is 10.2. The predicted octanol–water partition coefficient (Wildman–Crippen LogP) is 3.18. The van der Waals surface area contributed by atoms with Crippen LogP contribution in [-0.2, 0) is 16.6 Å². The van der Waals surface area contributed by atoms with Gasteiger partial charge in [0, 0.05) is 22.5 Å². The van der Waals surface area contributed by atoms with Crippen molar-refractivity contribution in [2.75, 3.05) is 10.6 Å². The van der Waals surface area contributed by atoms with Crippen LogP contribution in [-0.4, -0.2) is 23.3 Å². The highest BCUT2D eigenvalue weighted by molar-refractivity contribution is 7.89. The second kappa shape index (κ2) is 8.23. The highest BCUT2D eigenvalue weighted by Gasteiger charge is 2.10. The molecule has 1 heterocycles. The molecule has 4 N–H and O–H groups in total. The summed E-state index contributed by atoms with van der Waals surface area (Å²) in [6.45, 7) is 0.169. The van der Waals surface area contributed by atoms with E-state index in [1.165, 1.54) is 47.3 Å². The van der Waals surface area contributed by atoms with E-state index in [4.69, 9.17) is 29.0 Å². The van der Waals surface area contributed by atoms with E-state index in [0.29, 0.717) is 22.0 Å². The molecule has 0 fully saturated rings. The largest absolute Gasteiger partial charge is 0.332 e. The average Bonchev–Trinajstić information content (AvgIpc) is 3.05. The Morgan fingerprint density at radius 2 is 1.86 bits per heavy atom. The molecule has 0 aliphatic heterocycles. The van der Waals surface area contributed by atoms with Crippen molar-refractivity contribution in [3.63, 3.8) is 0 Å². The Morgan fingerprint density at radius 1 is 1.18 bits per heavy atom. The standard InChI is InChI=1S/C17H15ClFN5O2S2/c18-15-2-1-3-16(19)14(15)10-24-9-12(8-21-24)23-17(27)22-11-4-6-13(7-5-11)28(20,25)26/h1-9H,10H2,(H2,20,25,26)(H2,22,23,27). The van der Waals surface area contributed by atoms with Crippen LogP contribution in [0.5, 0.6) is 0 Å². The van der Waals surface area contributed by atoms with Gasteiger partial charge in [-0.25, -0.2) is 17.9 Å². The molecule has 28 heavy (non-hydrogen) atoms. The number of nitrogens with two attached hydrogens (primary N) is 1. The summed E-state index contributed by atoms with van der Waals surface area (Å²) in [6.07, 6.45) is 3.19. The highest BCUT2D eigenvalue weighted by atomic mass is 35.5. The second-order valence-electron chi connectivity index (χ2n) is 5.78. The van der Waals surface area contributed by atoms with Gasteiger partial charge in [0.05, 0.1) is 23.3 Å². The zero-order chi connectivity index (χ0) is 20.3. The lowest BCUT2D eigenvalue weighted by Gasteiger charge is -2.09. The van der Waals surface area contributed by atoms with E-state index in [9.17, 15) is 12.8 Å². The van der Waals surface area contributed by atoms with Crippen LogP contribution in [0, 0.1) is 5.82 Å². The molecule has 0 aliphatic carbocycles. The first-order chi connectivity index (χ1) is 13.2.